The lowest BCUT2D eigenvalue weighted by molar-refractivity contribution is 0.143. The van der Waals surface area contributed by atoms with Crippen LogP contribution in [0.3, 0.4) is 0 Å². The number of nitrogens with zero attached hydrogens (tertiary/aromatic N) is 2. The molecule has 5 heteroatoms. The summed E-state index contributed by atoms with van der Waals surface area (Å²) in [5, 5.41) is 0. The Kier molecular flexibility index (Phi) is 4.21. The molecule has 0 bridgehead atoms. The SMILES string of the molecule is Cc1cccc(-c2ccc(OC[C@@H]3Cn4ccc(=O)nc4O3)cc2)c1C. The molecule has 1 aliphatic rings. The van der Waals surface area contributed by atoms with Crippen molar-refractivity contribution in [3.05, 3.63) is 76.2 Å². The summed E-state index contributed by atoms with van der Waals surface area (Å²) in [7, 11) is 0. The first-order valence-electron chi connectivity index (χ1n) is 8.64. The van der Waals surface area contributed by atoms with Crippen LogP contribution in [0.15, 0.2) is 59.5 Å². The summed E-state index contributed by atoms with van der Waals surface area (Å²) in [6, 6.07) is 16.2. The molecule has 1 aromatic heterocycles. The van der Waals surface area contributed by atoms with Gasteiger partial charge in [0.2, 0.25) is 0 Å². The van der Waals surface area contributed by atoms with Gasteiger partial charge < -0.3 is 9.47 Å². The summed E-state index contributed by atoms with van der Waals surface area (Å²) in [4.78, 5) is 15.1. The van der Waals surface area contributed by atoms with Crippen LogP contribution in [0, 0.1) is 13.8 Å². The predicted octanol–water partition coefficient (Wildman–Crippen LogP) is 3.37. The molecule has 0 aliphatic carbocycles. The summed E-state index contributed by atoms with van der Waals surface area (Å²) in [6.45, 7) is 5.30. The van der Waals surface area contributed by atoms with Gasteiger partial charge >= 0.3 is 0 Å². The van der Waals surface area contributed by atoms with Gasteiger partial charge in [0.05, 0.1) is 6.54 Å². The maximum absolute atomic E-state index is 11.3. The van der Waals surface area contributed by atoms with Crippen molar-refractivity contribution in [2.24, 2.45) is 0 Å². The molecule has 0 N–H and O–H groups in total. The van der Waals surface area contributed by atoms with Crippen molar-refractivity contribution in [2.45, 2.75) is 26.5 Å². The molecular formula is C21H20N2O3. The van der Waals surface area contributed by atoms with Gasteiger partial charge in [-0.25, -0.2) is 0 Å². The van der Waals surface area contributed by atoms with Gasteiger partial charge in [-0.05, 0) is 48.2 Å². The van der Waals surface area contributed by atoms with E-state index < -0.39 is 0 Å². The molecule has 1 aliphatic heterocycles. The maximum Gasteiger partial charge on any atom is 0.300 e. The standard InChI is InChI=1S/C21H20N2O3/c1-14-4-3-5-19(15(14)2)16-6-8-17(9-7-16)25-13-18-12-23-11-10-20(24)22-21(23)26-18/h3-11,18H,12-13H2,1-2H3/t18-/m0/s1. The summed E-state index contributed by atoms with van der Waals surface area (Å²) in [6.07, 6.45) is 1.55. The van der Waals surface area contributed by atoms with Gasteiger partial charge in [-0.15, -0.1) is 0 Å². The summed E-state index contributed by atoms with van der Waals surface area (Å²) < 4.78 is 13.3. The second-order valence-electron chi connectivity index (χ2n) is 6.52. The smallest absolute Gasteiger partial charge is 0.300 e. The highest BCUT2D eigenvalue weighted by atomic mass is 16.6. The van der Waals surface area contributed by atoms with Crippen LogP contribution in [-0.2, 0) is 6.54 Å². The first-order valence-corrected chi connectivity index (χ1v) is 8.64. The Morgan fingerprint density at radius 2 is 1.96 bits per heavy atom. The predicted molar refractivity (Wildman–Crippen MR) is 99.8 cm³/mol. The molecule has 0 saturated heterocycles. The second-order valence-corrected chi connectivity index (χ2v) is 6.52. The van der Waals surface area contributed by atoms with E-state index in [1.807, 2.05) is 16.7 Å². The Hall–Kier alpha value is -3.08. The zero-order valence-electron chi connectivity index (χ0n) is 14.8. The highest BCUT2D eigenvalue weighted by Crippen LogP contribution is 2.27. The van der Waals surface area contributed by atoms with Crippen molar-refractivity contribution >= 4 is 0 Å². The first-order chi connectivity index (χ1) is 12.6. The Morgan fingerprint density at radius 1 is 1.15 bits per heavy atom. The third-order valence-electron chi connectivity index (χ3n) is 4.73. The Morgan fingerprint density at radius 3 is 2.77 bits per heavy atom. The van der Waals surface area contributed by atoms with E-state index in [0.29, 0.717) is 19.2 Å². The van der Waals surface area contributed by atoms with Crippen molar-refractivity contribution in [3.8, 4) is 22.9 Å². The minimum absolute atomic E-state index is 0.150. The quantitative estimate of drug-likeness (QED) is 0.725. The van der Waals surface area contributed by atoms with Crippen LogP contribution >= 0.6 is 0 Å². The minimum Gasteiger partial charge on any atom is -0.490 e. The van der Waals surface area contributed by atoms with Gasteiger partial charge in [0, 0.05) is 12.3 Å². The topological polar surface area (TPSA) is 53.4 Å². The molecule has 0 radical (unpaired) electrons. The van der Waals surface area contributed by atoms with Crippen molar-refractivity contribution in [1.82, 2.24) is 9.55 Å². The average Bonchev–Trinajstić information content (AvgIpc) is 3.05. The molecule has 132 valence electrons. The lowest BCUT2D eigenvalue weighted by Crippen LogP contribution is -2.23. The monoisotopic (exact) mass is 348 g/mol. The van der Waals surface area contributed by atoms with Crippen molar-refractivity contribution in [2.75, 3.05) is 6.61 Å². The molecule has 2 aromatic carbocycles. The third kappa shape index (κ3) is 3.20. The molecule has 0 spiro atoms. The molecule has 2 heterocycles. The molecule has 0 unspecified atom stereocenters. The number of fused-ring (bicyclic) bond motifs is 1. The second kappa shape index (κ2) is 6.67. The number of rotatable bonds is 4. The van der Waals surface area contributed by atoms with E-state index in [1.165, 1.54) is 28.3 Å². The van der Waals surface area contributed by atoms with E-state index >= 15 is 0 Å². The van der Waals surface area contributed by atoms with Crippen molar-refractivity contribution in [1.29, 1.82) is 0 Å². The van der Waals surface area contributed by atoms with E-state index in [2.05, 4.69) is 49.2 Å². The number of ether oxygens (including phenoxy) is 2. The number of aryl methyl sites for hydroxylation is 1. The highest BCUT2D eigenvalue weighted by Gasteiger charge is 2.23. The molecule has 1 atom stereocenters. The fourth-order valence-electron chi connectivity index (χ4n) is 3.12. The van der Waals surface area contributed by atoms with Gasteiger partial charge in [0.1, 0.15) is 12.4 Å². The lowest BCUT2D eigenvalue weighted by atomic mass is 9.97. The van der Waals surface area contributed by atoms with E-state index in [1.54, 1.807) is 6.20 Å². The molecule has 5 nitrogen and oxygen atoms in total. The summed E-state index contributed by atoms with van der Waals surface area (Å²) >= 11 is 0. The fraction of sp³-hybridized carbons (Fsp3) is 0.238. The summed E-state index contributed by atoms with van der Waals surface area (Å²) in [5.41, 5.74) is 4.70. The van der Waals surface area contributed by atoms with Gasteiger partial charge in [-0.3, -0.25) is 9.36 Å². The van der Waals surface area contributed by atoms with Gasteiger partial charge in [-0.2, -0.15) is 4.98 Å². The van der Waals surface area contributed by atoms with E-state index in [-0.39, 0.29) is 11.7 Å². The third-order valence-corrected chi connectivity index (χ3v) is 4.73. The van der Waals surface area contributed by atoms with Gasteiger partial charge in [0.15, 0.2) is 6.10 Å². The minimum atomic E-state index is -0.292. The van der Waals surface area contributed by atoms with Crippen LogP contribution < -0.4 is 15.0 Å². The normalized spacial score (nSPS) is 15.4. The zero-order chi connectivity index (χ0) is 18.1. The maximum atomic E-state index is 11.3. The molecule has 4 rings (SSSR count). The number of hydrogen-bond donors (Lipinski definition) is 0. The summed E-state index contributed by atoms with van der Waals surface area (Å²) in [5.74, 6) is 0.793. The zero-order valence-corrected chi connectivity index (χ0v) is 14.8. The van der Waals surface area contributed by atoms with E-state index in [4.69, 9.17) is 9.47 Å². The number of aromatic nitrogens is 2. The molecule has 0 saturated carbocycles. The van der Waals surface area contributed by atoms with E-state index in [0.717, 1.165) is 5.75 Å². The van der Waals surface area contributed by atoms with Gasteiger partial charge in [-0.1, -0.05) is 30.3 Å². The van der Waals surface area contributed by atoms with Crippen LogP contribution in [0.25, 0.3) is 11.1 Å². The molecule has 26 heavy (non-hydrogen) atoms. The van der Waals surface area contributed by atoms with Crippen molar-refractivity contribution < 1.29 is 9.47 Å². The van der Waals surface area contributed by atoms with Crippen LogP contribution in [0.1, 0.15) is 11.1 Å². The Balaban J connectivity index is 1.41. The number of hydrogen-bond acceptors (Lipinski definition) is 4. The Bertz CT molecular complexity index is 993. The first kappa shape index (κ1) is 16.4. The fourth-order valence-corrected chi connectivity index (χ4v) is 3.12. The van der Waals surface area contributed by atoms with Crippen LogP contribution in [0.2, 0.25) is 0 Å². The lowest BCUT2D eigenvalue weighted by Gasteiger charge is -2.12. The molecular weight excluding hydrogens is 328 g/mol. The van der Waals surface area contributed by atoms with Crippen LogP contribution in [-0.4, -0.2) is 22.3 Å². The average molecular weight is 348 g/mol. The molecule has 0 amide bonds. The van der Waals surface area contributed by atoms with Crippen LogP contribution in [0.5, 0.6) is 11.8 Å². The van der Waals surface area contributed by atoms with Gasteiger partial charge in [0.25, 0.3) is 11.6 Å². The van der Waals surface area contributed by atoms with E-state index in [9.17, 15) is 4.79 Å². The molecule has 0 fully saturated rings. The van der Waals surface area contributed by atoms with Crippen molar-refractivity contribution in [3.63, 3.8) is 0 Å². The number of benzene rings is 2. The Labute approximate surface area is 151 Å². The largest absolute Gasteiger partial charge is 0.490 e. The molecule has 3 aromatic rings. The highest BCUT2D eigenvalue weighted by molar-refractivity contribution is 5.68. The van der Waals surface area contributed by atoms with Crippen LogP contribution in [0.4, 0.5) is 0 Å².